The number of unbranched alkanes of at least 4 members (excludes halogenated alkanes) is 1. The molecule has 2 aromatic rings. The second kappa shape index (κ2) is 14.4. The van der Waals surface area contributed by atoms with Crippen molar-refractivity contribution in [3.8, 4) is 0 Å². The van der Waals surface area contributed by atoms with Crippen molar-refractivity contribution in [2.45, 2.75) is 44.9 Å². The van der Waals surface area contributed by atoms with Gasteiger partial charge in [-0.25, -0.2) is 9.24 Å². The Morgan fingerprint density at radius 1 is 1.00 bits per heavy atom. The Kier molecular flexibility index (Phi) is 10.6. The van der Waals surface area contributed by atoms with Gasteiger partial charge in [-0.2, -0.15) is 0 Å². The average molecular weight is 542 g/mol. The summed E-state index contributed by atoms with van der Waals surface area (Å²) in [6.45, 7) is 9.43. The third-order valence-corrected chi connectivity index (χ3v) is 12.7. The topological polar surface area (TPSA) is 29.5 Å². The molecule has 3 atom stereocenters. The fourth-order valence-corrected chi connectivity index (χ4v) is 11.4. The van der Waals surface area contributed by atoms with Crippen LogP contribution < -0.4 is 10.6 Å². The molecule has 2 aliphatic rings. The Hall–Kier alpha value is -2.83. The zero-order valence-electron chi connectivity index (χ0n) is 22.3. The Balaban J connectivity index is 1.92. The lowest BCUT2D eigenvalue weighted by atomic mass is 10.2. The van der Waals surface area contributed by atoms with Gasteiger partial charge in [0.15, 0.2) is 0 Å². The maximum atomic E-state index is 12.6. The molecule has 5 heteroatoms. The number of rotatable bonds is 12. The summed E-state index contributed by atoms with van der Waals surface area (Å²) < 4.78 is 8.81. The predicted molar refractivity (Wildman–Crippen MR) is 165 cm³/mol. The number of nitrogens with zero attached hydrogens (tertiary/aromatic N) is 1. The summed E-state index contributed by atoms with van der Waals surface area (Å²) in [4.78, 5) is 12.6. The van der Waals surface area contributed by atoms with Gasteiger partial charge in [0.25, 0.3) is 0 Å². The van der Waals surface area contributed by atoms with Gasteiger partial charge in [-0.1, -0.05) is 124 Å². The van der Waals surface area contributed by atoms with Crippen molar-refractivity contribution in [2.75, 3.05) is 6.54 Å². The molecular weight excluding hydrogens is 504 g/mol. The van der Waals surface area contributed by atoms with Crippen LogP contribution in [0.5, 0.6) is 0 Å². The first-order chi connectivity index (χ1) is 18.7. The molecule has 0 aromatic heterocycles. The van der Waals surface area contributed by atoms with Crippen LogP contribution in [0, 0.1) is 0 Å². The molecule has 1 aliphatic heterocycles. The van der Waals surface area contributed by atoms with E-state index in [0.717, 1.165) is 31.4 Å². The molecule has 0 N–H and O–H groups in total. The van der Waals surface area contributed by atoms with Crippen LogP contribution in [0.3, 0.4) is 0 Å². The van der Waals surface area contributed by atoms with E-state index in [1.54, 1.807) is 0 Å². The van der Waals surface area contributed by atoms with E-state index in [4.69, 9.17) is 4.74 Å². The lowest BCUT2D eigenvalue weighted by molar-refractivity contribution is -0.139. The highest BCUT2D eigenvalue weighted by Crippen LogP contribution is 2.65. The van der Waals surface area contributed by atoms with Crippen molar-refractivity contribution in [3.63, 3.8) is 0 Å². The van der Waals surface area contributed by atoms with Crippen molar-refractivity contribution in [1.29, 1.82) is 0 Å². The minimum atomic E-state index is -0.906. The minimum absolute atomic E-state index is 0.266. The molecule has 4 rings (SSSR count). The zero-order valence-corrected chi connectivity index (χ0v) is 24.1. The third-order valence-electron chi connectivity index (χ3n) is 6.51. The van der Waals surface area contributed by atoms with E-state index in [1.807, 2.05) is 12.2 Å². The summed E-state index contributed by atoms with van der Waals surface area (Å²) in [6.07, 6.45) is 20.9. The van der Waals surface area contributed by atoms with E-state index in [2.05, 4.69) is 122 Å². The van der Waals surface area contributed by atoms with Crippen molar-refractivity contribution in [1.82, 2.24) is 4.44 Å². The van der Waals surface area contributed by atoms with Crippen molar-refractivity contribution >= 4 is 32.7 Å². The van der Waals surface area contributed by atoms with Crippen LogP contribution >= 0.6 is 16.1 Å². The highest BCUT2D eigenvalue weighted by molar-refractivity contribution is 7.80. The molecule has 1 aliphatic carbocycles. The van der Waals surface area contributed by atoms with Gasteiger partial charge in [0.05, 0.1) is 0 Å². The van der Waals surface area contributed by atoms with E-state index in [-0.39, 0.29) is 11.6 Å². The molecule has 3 nitrogen and oxygen atoms in total. The van der Waals surface area contributed by atoms with Crippen LogP contribution in [0.2, 0.25) is 0 Å². The number of allylic oxidation sites excluding steroid dienone is 8. The molecule has 196 valence electrons. The number of ether oxygens (including phenoxy) is 1. The third kappa shape index (κ3) is 6.97. The van der Waals surface area contributed by atoms with E-state index in [1.165, 1.54) is 22.0 Å². The number of esters is 1. The second-order valence-electron chi connectivity index (χ2n) is 9.18. The van der Waals surface area contributed by atoms with E-state index < -0.39 is 22.2 Å². The number of fused-ring (bicyclic) bond motifs is 1. The summed E-state index contributed by atoms with van der Waals surface area (Å²) in [6, 6.07) is 21.8. The van der Waals surface area contributed by atoms with Gasteiger partial charge < -0.3 is 4.74 Å². The smallest absolute Gasteiger partial charge is 0.331 e. The molecule has 3 unspecified atom stereocenters. The molecule has 2 aromatic carbocycles. The molecule has 0 radical (unpaired) electrons. The van der Waals surface area contributed by atoms with E-state index in [9.17, 15) is 4.79 Å². The number of benzene rings is 2. The fourth-order valence-electron chi connectivity index (χ4n) is 4.66. The van der Waals surface area contributed by atoms with Crippen LogP contribution in [0.25, 0.3) is 0 Å². The lowest BCUT2D eigenvalue weighted by Gasteiger charge is -2.43. The van der Waals surface area contributed by atoms with Gasteiger partial charge >= 0.3 is 5.97 Å². The largest absolute Gasteiger partial charge is 0.450 e. The Bertz CT molecular complexity index is 1190. The average Bonchev–Trinajstić information content (AvgIpc) is 3.27. The Labute approximate surface area is 230 Å². The molecule has 0 saturated carbocycles. The van der Waals surface area contributed by atoms with Crippen LogP contribution in [-0.2, 0) is 9.53 Å². The quantitative estimate of drug-likeness (QED) is 0.155. The van der Waals surface area contributed by atoms with Gasteiger partial charge in [-0.15, -0.1) is 0 Å². The normalized spacial score (nSPS) is 18.5. The molecule has 0 fully saturated rings. The molecule has 0 saturated heterocycles. The lowest BCUT2D eigenvalue weighted by Crippen LogP contribution is -2.31. The molecular formula is C33H37NO2P2. The van der Waals surface area contributed by atoms with Gasteiger partial charge in [0, 0.05) is 39.7 Å². The van der Waals surface area contributed by atoms with Crippen LogP contribution in [-0.4, -0.2) is 28.7 Å². The highest BCUT2D eigenvalue weighted by atomic mass is 31.2. The number of carbonyl (C=O) groups excluding carboxylic acids is 1. The minimum Gasteiger partial charge on any atom is -0.450 e. The van der Waals surface area contributed by atoms with Crippen LogP contribution in [0.1, 0.15) is 33.1 Å². The maximum absolute atomic E-state index is 12.6. The van der Waals surface area contributed by atoms with E-state index >= 15 is 0 Å². The first-order valence-electron chi connectivity index (χ1n) is 13.4. The SMILES string of the molecule is C=CC=CC(CC)P(C1=CC=CC2=CC1OC(=O)C=C2)N(CCCC)P(c1ccccc1)c1ccccc1. The predicted octanol–water partition coefficient (Wildman–Crippen LogP) is 7.92. The van der Waals surface area contributed by atoms with Crippen LogP contribution in [0.4, 0.5) is 0 Å². The van der Waals surface area contributed by atoms with Gasteiger partial charge in [0.2, 0.25) is 0 Å². The molecule has 1 heterocycles. The number of hydrogen-bond donors (Lipinski definition) is 0. The van der Waals surface area contributed by atoms with Gasteiger partial charge in [-0.05, 0) is 41.2 Å². The van der Waals surface area contributed by atoms with Crippen LogP contribution in [0.15, 0.2) is 133 Å². The summed E-state index contributed by atoms with van der Waals surface area (Å²) in [5, 5.41) is 3.85. The molecule has 0 spiro atoms. The molecule has 0 amide bonds. The summed E-state index contributed by atoms with van der Waals surface area (Å²) in [5.74, 6) is -0.291. The van der Waals surface area contributed by atoms with E-state index in [0.29, 0.717) is 0 Å². The molecule has 2 bridgehead atoms. The first kappa shape index (κ1) is 28.2. The Morgan fingerprint density at radius 3 is 2.29 bits per heavy atom. The van der Waals surface area contributed by atoms with Gasteiger partial charge in [-0.3, -0.25) is 0 Å². The zero-order chi connectivity index (χ0) is 26.7. The van der Waals surface area contributed by atoms with Gasteiger partial charge in [0.1, 0.15) is 6.10 Å². The summed E-state index contributed by atoms with van der Waals surface area (Å²) in [7, 11) is -1.73. The molecule has 38 heavy (non-hydrogen) atoms. The maximum Gasteiger partial charge on any atom is 0.331 e. The monoisotopic (exact) mass is 541 g/mol. The first-order valence-corrected chi connectivity index (χ1v) is 16.1. The number of carbonyl (C=O) groups is 1. The summed E-state index contributed by atoms with van der Waals surface area (Å²) in [5.41, 5.74) is 1.27. The number of hydrogen-bond acceptors (Lipinski definition) is 3. The Morgan fingerprint density at radius 2 is 1.68 bits per heavy atom. The van der Waals surface area contributed by atoms with Crippen molar-refractivity contribution in [3.05, 3.63) is 133 Å². The highest BCUT2D eigenvalue weighted by Gasteiger charge is 2.38. The summed E-state index contributed by atoms with van der Waals surface area (Å²) >= 11 is 0. The second-order valence-corrected chi connectivity index (χ2v) is 14.0. The van der Waals surface area contributed by atoms with Crippen molar-refractivity contribution in [2.24, 2.45) is 0 Å². The van der Waals surface area contributed by atoms with Crippen molar-refractivity contribution < 1.29 is 9.53 Å². The fraction of sp³-hybridized carbons (Fsp3) is 0.242. The standard InChI is InChI=1S/C33H37NO2P2/c1-4-7-17-28(6-3)38(32-22-15-16-27-23-24-33(35)36-31(32)26-27)34(25-8-5-2)37(29-18-11-9-12-19-29)30-20-13-10-14-21-30/h4,7,9-24,26,28,31H,1,5-6,8,25H2,2-3H3.